The Labute approximate surface area is 132 Å². The van der Waals surface area contributed by atoms with Crippen LogP contribution in [-0.2, 0) is 26.7 Å². The molecular weight excluding hydrogens is 326 g/mol. The van der Waals surface area contributed by atoms with Gasteiger partial charge in [0, 0.05) is 12.1 Å². The Balaban J connectivity index is 1.88. The highest BCUT2D eigenvalue weighted by molar-refractivity contribution is 7.92. The van der Waals surface area contributed by atoms with Crippen molar-refractivity contribution in [3.8, 4) is 0 Å². The van der Waals surface area contributed by atoms with Crippen molar-refractivity contribution in [3.63, 3.8) is 0 Å². The minimum atomic E-state index is -3.28. The monoisotopic (exact) mass is 339 g/mol. The second-order valence-electron chi connectivity index (χ2n) is 4.69. The highest BCUT2D eigenvalue weighted by Gasteiger charge is 2.18. The van der Waals surface area contributed by atoms with Gasteiger partial charge in [0.2, 0.25) is 0 Å². The van der Waals surface area contributed by atoms with Crippen molar-refractivity contribution in [3.05, 3.63) is 46.8 Å². The fourth-order valence-corrected chi connectivity index (χ4v) is 4.81. The van der Waals surface area contributed by atoms with Crippen molar-refractivity contribution in [2.45, 2.75) is 16.4 Å². The molecule has 0 atom stereocenters. The lowest BCUT2D eigenvalue weighted by Crippen LogP contribution is -2.11. The lowest BCUT2D eigenvalue weighted by molar-refractivity contribution is 0.320. The van der Waals surface area contributed by atoms with E-state index in [2.05, 4.69) is 5.32 Å². The number of thiocarbonyl (C=S) groups is 1. The predicted octanol–water partition coefficient (Wildman–Crippen LogP) is 2.99. The molecule has 0 fully saturated rings. The van der Waals surface area contributed by atoms with E-state index < -0.39 is 9.84 Å². The smallest absolute Gasteiger partial charge is 0.261 e. The first-order valence-corrected chi connectivity index (χ1v) is 9.30. The van der Waals surface area contributed by atoms with Gasteiger partial charge < -0.3 is 10.1 Å². The van der Waals surface area contributed by atoms with Crippen LogP contribution in [0, 0.1) is 0 Å². The molecule has 110 valence electrons. The molecule has 1 aliphatic rings. The van der Waals surface area contributed by atoms with Gasteiger partial charge in [-0.15, -0.1) is 11.3 Å². The number of sulfone groups is 1. The number of rotatable bonds is 3. The van der Waals surface area contributed by atoms with E-state index in [9.17, 15) is 8.42 Å². The molecule has 21 heavy (non-hydrogen) atoms. The summed E-state index contributed by atoms with van der Waals surface area (Å²) >= 11 is 6.26. The van der Waals surface area contributed by atoms with Crippen LogP contribution < -0.4 is 5.32 Å². The zero-order chi connectivity index (χ0) is 14.9. The molecule has 0 saturated carbocycles. The summed E-state index contributed by atoms with van der Waals surface area (Å²) in [5, 5.41) is 5.13. The lowest BCUT2D eigenvalue weighted by Gasteiger charge is -2.09. The van der Waals surface area contributed by atoms with E-state index in [0.29, 0.717) is 22.4 Å². The summed E-state index contributed by atoms with van der Waals surface area (Å²) in [5.41, 5.74) is 2.68. The van der Waals surface area contributed by atoms with Crippen LogP contribution >= 0.6 is 23.6 Å². The van der Waals surface area contributed by atoms with E-state index in [4.69, 9.17) is 17.0 Å². The molecule has 0 amide bonds. The maximum Gasteiger partial charge on any atom is 0.261 e. The van der Waals surface area contributed by atoms with Gasteiger partial charge in [-0.2, -0.15) is 0 Å². The first-order valence-electron chi connectivity index (χ1n) is 6.36. The van der Waals surface area contributed by atoms with E-state index in [0.717, 1.165) is 16.8 Å². The molecule has 1 aromatic carbocycles. The Hall–Kier alpha value is -1.44. The molecule has 2 aromatic rings. The summed E-state index contributed by atoms with van der Waals surface area (Å²) in [6, 6.07) is 8.96. The number of nitrogens with one attached hydrogen (secondary N) is 1. The van der Waals surface area contributed by atoms with Crippen LogP contribution in [0.3, 0.4) is 0 Å². The number of ether oxygens (including phenoxy) is 1. The second kappa shape index (κ2) is 5.75. The van der Waals surface area contributed by atoms with Crippen LogP contribution in [0.5, 0.6) is 0 Å². The van der Waals surface area contributed by atoms with Crippen LogP contribution in [0.2, 0.25) is 0 Å². The van der Waals surface area contributed by atoms with Gasteiger partial charge in [-0.25, -0.2) is 8.42 Å². The highest BCUT2D eigenvalue weighted by Crippen LogP contribution is 2.25. The molecule has 4 nitrogen and oxygen atoms in total. The Kier molecular flexibility index (Phi) is 3.97. The molecule has 2 heterocycles. The number of fused-ring (bicyclic) bond motifs is 1. The third-order valence-corrected chi connectivity index (χ3v) is 6.56. The maximum atomic E-state index is 12.3. The lowest BCUT2D eigenvalue weighted by atomic mass is 10.1. The normalized spacial score (nSPS) is 14.8. The molecule has 0 saturated heterocycles. The number of benzene rings is 1. The van der Waals surface area contributed by atoms with Crippen molar-refractivity contribution in [1.29, 1.82) is 0 Å². The molecule has 1 N–H and O–H groups in total. The highest BCUT2D eigenvalue weighted by atomic mass is 32.2. The number of hydrogen-bond donors (Lipinski definition) is 1. The number of hydrogen-bond acceptors (Lipinski definition) is 5. The molecule has 0 spiro atoms. The zero-order valence-corrected chi connectivity index (χ0v) is 13.5. The van der Waals surface area contributed by atoms with Crippen LogP contribution in [0.4, 0.5) is 5.69 Å². The Bertz CT molecular complexity index is 767. The van der Waals surface area contributed by atoms with Gasteiger partial charge in [0.05, 0.1) is 12.4 Å². The quantitative estimate of drug-likeness (QED) is 0.871. The average Bonchev–Trinajstić information content (AvgIpc) is 2.90. The Morgan fingerprint density at radius 2 is 2.19 bits per heavy atom. The van der Waals surface area contributed by atoms with E-state index in [1.165, 1.54) is 11.3 Å². The van der Waals surface area contributed by atoms with Gasteiger partial charge in [0.25, 0.3) is 5.17 Å². The predicted molar refractivity (Wildman–Crippen MR) is 87.5 cm³/mol. The summed E-state index contributed by atoms with van der Waals surface area (Å²) in [7, 11) is -3.28. The molecule has 0 radical (unpaired) electrons. The van der Waals surface area contributed by atoms with Crippen molar-refractivity contribution in [1.82, 2.24) is 0 Å². The summed E-state index contributed by atoms with van der Waals surface area (Å²) in [4.78, 5) is 0. The first-order chi connectivity index (χ1) is 10.0. The first kappa shape index (κ1) is 14.5. The molecule has 0 unspecified atom stereocenters. The van der Waals surface area contributed by atoms with Crippen molar-refractivity contribution in [2.24, 2.45) is 0 Å². The second-order valence-corrected chi connectivity index (χ2v) is 8.23. The summed E-state index contributed by atoms with van der Waals surface area (Å²) in [6.07, 6.45) is 0.704. The Morgan fingerprint density at radius 1 is 1.33 bits per heavy atom. The van der Waals surface area contributed by atoms with Gasteiger partial charge in [0.15, 0.2) is 9.84 Å². The molecule has 1 aromatic heterocycles. The fourth-order valence-electron chi connectivity index (χ4n) is 2.20. The van der Waals surface area contributed by atoms with Crippen molar-refractivity contribution < 1.29 is 13.2 Å². The van der Waals surface area contributed by atoms with Crippen molar-refractivity contribution in [2.75, 3.05) is 11.9 Å². The SMILES string of the molecule is O=S(=O)(Cc1ccc2c(c1)CCOC(=S)N2)c1cccs1. The van der Waals surface area contributed by atoms with Crippen molar-refractivity contribution >= 4 is 44.3 Å². The largest absolute Gasteiger partial charge is 0.470 e. The van der Waals surface area contributed by atoms with Gasteiger partial charge in [0.1, 0.15) is 4.21 Å². The minimum absolute atomic E-state index is 0.00605. The number of thiophene rings is 1. The van der Waals surface area contributed by atoms with Gasteiger partial charge in [-0.1, -0.05) is 18.2 Å². The number of anilines is 1. The third-order valence-electron chi connectivity index (χ3n) is 3.17. The molecular formula is C14H13NO3S3. The fraction of sp³-hybridized carbons (Fsp3) is 0.214. The van der Waals surface area contributed by atoms with Crippen LogP contribution in [0.15, 0.2) is 39.9 Å². The summed E-state index contributed by atoms with van der Waals surface area (Å²) < 4.78 is 30.3. The van der Waals surface area contributed by atoms with Crippen LogP contribution in [0.1, 0.15) is 11.1 Å². The average molecular weight is 339 g/mol. The van der Waals surface area contributed by atoms with Gasteiger partial charge >= 0.3 is 0 Å². The molecule has 0 aliphatic carbocycles. The standard InChI is InChI=1S/C14H13NO3S3/c16-21(17,13-2-1-7-20-13)9-10-3-4-12-11(8-10)5-6-18-14(19)15-12/h1-4,7-8H,5-6,9H2,(H,15,19). The molecule has 0 bridgehead atoms. The van der Waals surface area contributed by atoms with Crippen LogP contribution in [0.25, 0.3) is 0 Å². The van der Waals surface area contributed by atoms with Gasteiger partial charge in [-0.3, -0.25) is 0 Å². The van der Waals surface area contributed by atoms with E-state index in [-0.39, 0.29) is 5.75 Å². The molecule has 3 rings (SSSR count). The van der Waals surface area contributed by atoms with Crippen LogP contribution in [-0.4, -0.2) is 20.2 Å². The third kappa shape index (κ3) is 3.25. The van der Waals surface area contributed by atoms with Gasteiger partial charge in [-0.05, 0) is 40.9 Å². The zero-order valence-electron chi connectivity index (χ0n) is 11.0. The maximum absolute atomic E-state index is 12.3. The summed E-state index contributed by atoms with van der Waals surface area (Å²) in [6.45, 7) is 0.500. The summed E-state index contributed by atoms with van der Waals surface area (Å²) in [5.74, 6) is 0.00605. The minimum Gasteiger partial charge on any atom is -0.470 e. The van der Waals surface area contributed by atoms with E-state index in [1.54, 1.807) is 17.5 Å². The molecule has 1 aliphatic heterocycles. The topological polar surface area (TPSA) is 55.4 Å². The van der Waals surface area contributed by atoms with E-state index >= 15 is 0 Å². The van der Waals surface area contributed by atoms with E-state index in [1.807, 2.05) is 18.2 Å². The molecule has 7 heteroatoms. The Morgan fingerprint density at radius 3 is 2.95 bits per heavy atom.